The van der Waals surface area contributed by atoms with Crippen LogP contribution in [0.25, 0.3) is 0 Å². The number of benzene rings is 1. The smallest absolute Gasteiger partial charge is 0.292 e. The average Bonchev–Trinajstić information content (AvgIpc) is 3.00. The first kappa shape index (κ1) is 25.2. The van der Waals surface area contributed by atoms with Crippen molar-refractivity contribution in [1.29, 1.82) is 0 Å². The molecule has 1 aliphatic carbocycles. The van der Waals surface area contributed by atoms with E-state index in [2.05, 4.69) is 0 Å². The summed E-state index contributed by atoms with van der Waals surface area (Å²) < 4.78 is 12.9. The fraction of sp³-hybridized carbons (Fsp3) is 0.636. The van der Waals surface area contributed by atoms with E-state index in [9.17, 15) is 19.7 Å². The molecule has 4 N–H and O–H groups in total. The van der Waals surface area contributed by atoms with Crippen molar-refractivity contribution in [3.8, 4) is 0 Å². The van der Waals surface area contributed by atoms with Crippen molar-refractivity contribution >= 4 is 7.52 Å². The summed E-state index contributed by atoms with van der Waals surface area (Å²) in [5.74, 6) is -0.569. The molecule has 1 fully saturated rings. The minimum absolute atomic E-state index is 0.0473. The number of aryl methyl sites for hydroxylation is 1. The van der Waals surface area contributed by atoms with Gasteiger partial charge in [0.1, 0.15) is 0 Å². The Morgan fingerprint density at radius 3 is 2.50 bits per heavy atom. The molecule has 0 radical (unpaired) electrons. The van der Waals surface area contributed by atoms with Crippen LogP contribution in [0.4, 0.5) is 0 Å². The lowest BCUT2D eigenvalue weighted by molar-refractivity contribution is -0.0837. The van der Waals surface area contributed by atoms with Gasteiger partial charge in [0.25, 0.3) is 7.52 Å². The van der Waals surface area contributed by atoms with E-state index in [-0.39, 0.29) is 37.6 Å². The second-order valence-electron chi connectivity index (χ2n) is 7.97. The molecule has 0 saturated heterocycles. The van der Waals surface area contributed by atoms with E-state index >= 15 is 0 Å². The Labute approximate surface area is 179 Å². The molecule has 5 atom stereocenters. The summed E-state index contributed by atoms with van der Waals surface area (Å²) in [4.78, 5) is 17.0. The van der Waals surface area contributed by atoms with Crippen molar-refractivity contribution in [3.63, 3.8) is 0 Å². The highest BCUT2D eigenvalue weighted by Crippen LogP contribution is 2.48. The van der Waals surface area contributed by atoms with E-state index in [4.69, 9.17) is 9.94 Å². The van der Waals surface area contributed by atoms with Crippen LogP contribution in [0.2, 0.25) is 0 Å². The van der Waals surface area contributed by atoms with Gasteiger partial charge in [-0.1, -0.05) is 42.5 Å². The zero-order chi connectivity index (χ0) is 22.0. The standard InChI is InChI=1S/C22H36NO6P/c1-29-23(30(27,28)15-13-18-10-6-5-7-11-18)17-20-19(21(25)16-22(20)26)12-8-3-2-4-9-14-24/h3,5-8,10-11,19-22,24-26H,2,4,9,12-17H2,1H3,(H,27,28)/t19?,20-,21+,22-/m1/s1. The van der Waals surface area contributed by atoms with Gasteiger partial charge in [-0.3, -0.25) is 9.40 Å². The Kier molecular flexibility index (Phi) is 10.7. The number of unbranched alkanes of at least 4 members (excludes halogenated alkanes) is 2. The van der Waals surface area contributed by atoms with Gasteiger partial charge in [0.15, 0.2) is 0 Å². The molecule has 1 aromatic carbocycles. The molecule has 1 saturated carbocycles. The molecule has 170 valence electrons. The van der Waals surface area contributed by atoms with Gasteiger partial charge < -0.3 is 20.2 Å². The van der Waals surface area contributed by atoms with Crippen LogP contribution < -0.4 is 0 Å². The largest absolute Gasteiger partial charge is 0.396 e. The lowest BCUT2D eigenvalue weighted by atomic mass is 9.90. The van der Waals surface area contributed by atoms with Crippen LogP contribution in [-0.2, 0) is 15.8 Å². The first-order valence-electron chi connectivity index (χ1n) is 10.7. The van der Waals surface area contributed by atoms with Crippen LogP contribution in [-0.4, -0.2) is 63.7 Å². The minimum Gasteiger partial charge on any atom is -0.396 e. The second kappa shape index (κ2) is 12.7. The fourth-order valence-electron chi connectivity index (χ4n) is 4.04. The van der Waals surface area contributed by atoms with Crippen LogP contribution >= 0.6 is 7.52 Å². The van der Waals surface area contributed by atoms with Crippen molar-refractivity contribution in [2.45, 2.75) is 50.7 Å². The summed E-state index contributed by atoms with van der Waals surface area (Å²) in [6.07, 6.45) is 6.45. The van der Waals surface area contributed by atoms with E-state index < -0.39 is 19.7 Å². The highest BCUT2D eigenvalue weighted by atomic mass is 31.2. The average molecular weight is 442 g/mol. The molecule has 0 aliphatic heterocycles. The summed E-state index contributed by atoms with van der Waals surface area (Å²) in [5, 5.41) is 29.7. The molecular weight excluding hydrogens is 405 g/mol. The summed E-state index contributed by atoms with van der Waals surface area (Å²) in [6, 6.07) is 9.51. The summed E-state index contributed by atoms with van der Waals surface area (Å²) >= 11 is 0. The SMILES string of the molecule is CON(C[C@@H]1C(CC=CCCCCO)[C@@H](O)C[C@H]1O)P(=O)(O)CCc1ccccc1. The molecular formula is C22H36NO6P. The summed E-state index contributed by atoms with van der Waals surface area (Å²) in [5.41, 5.74) is 0.975. The quantitative estimate of drug-likeness (QED) is 0.161. The predicted octanol–water partition coefficient (Wildman–Crippen LogP) is 2.74. The molecule has 0 spiro atoms. The van der Waals surface area contributed by atoms with Gasteiger partial charge in [-0.05, 0) is 50.0 Å². The van der Waals surface area contributed by atoms with Crippen LogP contribution in [0.1, 0.15) is 37.7 Å². The maximum Gasteiger partial charge on any atom is 0.292 e. The number of hydroxylamine groups is 1. The van der Waals surface area contributed by atoms with E-state index in [1.165, 1.54) is 7.11 Å². The Bertz CT molecular complexity index is 685. The van der Waals surface area contributed by atoms with Crippen LogP contribution in [0.5, 0.6) is 0 Å². The number of aliphatic hydroxyl groups is 3. The highest BCUT2D eigenvalue weighted by molar-refractivity contribution is 7.55. The maximum atomic E-state index is 12.9. The monoisotopic (exact) mass is 441 g/mol. The Hall–Kier alpha value is -1.05. The number of rotatable bonds is 13. The number of allylic oxidation sites excluding steroid dienone is 2. The van der Waals surface area contributed by atoms with E-state index in [1.807, 2.05) is 42.5 Å². The zero-order valence-corrected chi connectivity index (χ0v) is 18.6. The van der Waals surface area contributed by atoms with E-state index in [0.29, 0.717) is 12.8 Å². The molecule has 0 heterocycles. The maximum absolute atomic E-state index is 12.9. The molecule has 30 heavy (non-hydrogen) atoms. The Balaban J connectivity index is 1.96. The van der Waals surface area contributed by atoms with Crippen molar-refractivity contribution in [1.82, 2.24) is 4.83 Å². The van der Waals surface area contributed by atoms with Crippen molar-refractivity contribution in [3.05, 3.63) is 48.0 Å². The van der Waals surface area contributed by atoms with Gasteiger partial charge in [-0.25, -0.2) is 0 Å². The molecule has 2 unspecified atom stereocenters. The molecule has 7 nitrogen and oxygen atoms in total. The molecule has 0 bridgehead atoms. The highest BCUT2D eigenvalue weighted by Gasteiger charge is 2.44. The van der Waals surface area contributed by atoms with Crippen molar-refractivity contribution in [2.75, 3.05) is 26.4 Å². The molecule has 1 aromatic rings. The van der Waals surface area contributed by atoms with Crippen molar-refractivity contribution < 1.29 is 29.6 Å². The van der Waals surface area contributed by atoms with Crippen LogP contribution in [0.3, 0.4) is 0 Å². The molecule has 2 rings (SSSR count). The van der Waals surface area contributed by atoms with E-state index in [1.54, 1.807) is 0 Å². The van der Waals surface area contributed by atoms with Gasteiger partial charge in [-0.15, -0.1) is 4.83 Å². The van der Waals surface area contributed by atoms with E-state index in [0.717, 1.165) is 29.7 Å². The molecule has 0 amide bonds. The van der Waals surface area contributed by atoms with Gasteiger partial charge >= 0.3 is 0 Å². The first-order chi connectivity index (χ1) is 14.4. The fourth-order valence-corrected chi connectivity index (χ4v) is 5.51. The third-order valence-corrected chi connectivity index (χ3v) is 7.67. The summed E-state index contributed by atoms with van der Waals surface area (Å²) in [7, 11) is -2.40. The normalized spacial score (nSPS) is 26.5. The molecule has 0 aromatic heterocycles. The number of hydrogen-bond acceptors (Lipinski definition) is 5. The van der Waals surface area contributed by atoms with Crippen LogP contribution in [0.15, 0.2) is 42.5 Å². The minimum atomic E-state index is -3.76. The lowest BCUT2D eigenvalue weighted by Crippen LogP contribution is -2.34. The third kappa shape index (κ3) is 7.57. The van der Waals surface area contributed by atoms with Gasteiger partial charge in [-0.2, -0.15) is 0 Å². The van der Waals surface area contributed by atoms with Crippen LogP contribution in [0, 0.1) is 11.8 Å². The molecule has 1 aliphatic rings. The van der Waals surface area contributed by atoms with Gasteiger partial charge in [0, 0.05) is 25.2 Å². The second-order valence-corrected chi connectivity index (χ2v) is 10.2. The third-order valence-electron chi connectivity index (χ3n) is 5.84. The Morgan fingerprint density at radius 1 is 1.13 bits per heavy atom. The number of aliphatic hydroxyl groups excluding tert-OH is 3. The van der Waals surface area contributed by atoms with Gasteiger partial charge in [0.05, 0.1) is 19.3 Å². The van der Waals surface area contributed by atoms with Gasteiger partial charge in [0.2, 0.25) is 0 Å². The topological polar surface area (TPSA) is 110 Å². The first-order valence-corrected chi connectivity index (χ1v) is 12.5. The lowest BCUT2D eigenvalue weighted by Gasteiger charge is -2.31. The zero-order valence-electron chi connectivity index (χ0n) is 17.7. The molecule has 8 heteroatoms. The summed E-state index contributed by atoms with van der Waals surface area (Å²) in [6.45, 7) is 0.266. The Morgan fingerprint density at radius 2 is 1.83 bits per heavy atom. The predicted molar refractivity (Wildman–Crippen MR) is 117 cm³/mol. The number of hydrogen-bond donors (Lipinski definition) is 4. The van der Waals surface area contributed by atoms with Crippen molar-refractivity contribution in [2.24, 2.45) is 11.8 Å². The number of nitrogens with zero attached hydrogens (tertiary/aromatic N) is 1.